The number of methoxy groups -OCH3 is 1. The summed E-state index contributed by atoms with van der Waals surface area (Å²) in [7, 11) is 1.54. The summed E-state index contributed by atoms with van der Waals surface area (Å²) >= 11 is 0. The molecule has 4 heteroatoms. The fourth-order valence-corrected chi connectivity index (χ4v) is 0.656. The molecule has 0 saturated carbocycles. The Morgan fingerprint density at radius 3 is 2.91 bits per heavy atom. The van der Waals surface area contributed by atoms with Gasteiger partial charge in [-0.15, -0.1) is 0 Å². The van der Waals surface area contributed by atoms with Crippen molar-refractivity contribution in [1.29, 1.82) is 0 Å². The minimum absolute atomic E-state index is 0.542. The zero-order valence-electron chi connectivity index (χ0n) is 6.06. The van der Waals surface area contributed by atoms with Gasteiger partial charge in [0.25, 0.3) is 0 Å². The van der Waals surface area contributed by atoms with Crippen LogP contribution in [0, 0.1) is 0 Å². The Labute approximate surface area is 64.1 Å². The molecule has 0 aliphatic rings. The van der Waals surface area contributed by atoms with E-state index in [2.05, 4.69) is 10.1 Å². The summed E-state index contributed by atoms with van der Waals surface area (Å²) in [6, 6.07) is 3.43. The van der Waals surface area contributed by atoms with E-state index >= 15 is 0 Å². The molecule has 0 saturated heterocycles. The highest BCUT2D eigenvalue weighted by Crippen LogP contribution is 2.04. The largest absolute Gasteiger partial charge is 0.481 e. The Balaban J connectivity index is 2.82. The van der Waals surface area contributed by atoms with E-state index in [9.17, 15) is 0 Å². The molecule has 0 fully saturated rings. The zero-order chi connectivity index (χ0) is 8.10. The number of aromatic nitrogens is 1. The van der Waals surface area contributed by atoms with Crippen LogP contribution in [-0.4, -0.2) is 23.5 Å². The minimum Gasteiger partial charge on any atom is -0.481 e. The van der Waals surface area contributed by atoms with Crippen LogP contribution in [0.25, 0.3) is 0 Å². The minimum atomic E-state index is 0.542. The van der Waals surface area contributed by atoms with Crippen LogP contribution in [0.1, 0.15) is 5.56 Å². The van der Waals surface area contributed by atoms with Crippen molar-refractivity contribution in [2.75, 3.05) is 7.11 Å². The maximum absolute atomic E-state index is 8.16. The van der Waals surface area contributed by atoms with Gasteiger partial charge in [0.2, 0.25) is 5.88 Å². The predicted octanol–water partition coefficient (Wildman–Crippen LogP) is 0.898. The van der Waals surface area contributed by atoms with Gasteiger partial charge in [0.1, 0.15) is 0 Å². The Bertz CT molecular complexity index is 243. The first-order chi connectivity index (χ1) is 5.36. The summed E-state index contributed by atoms with van der Waals surface area (Å²) in [6.45, 7) is 0. The highest BCUT2D eigenvalue weighted by Gasteiger charge is 1.90. The molecule has 4 nitrogen and oxygen atoms in total. The van der Waals surface area contributed by atoms with Crippen molar-refractivity contribution in [3.63, 3.8) is 0 Å². The van der Waals surface area contributed by atoms with Gasteiger partial charge in [-0.1, -0.05) is 5.16 Å². The van der Waals surface area contributed by atoms with Crippen molar-refractivity contribution in [2.45, 2.75) is 0 Å². The third kappa shape index (κ3) is 1.93. The Kier molecular flexibility index (Phi) is 2.43. The molecule has 0 aliphatic heterocycles. The molecule has 0 bridgehead atoms. The highest BCUT2D eigenvalue weighted by molar-refractivity contribution is 5.78. The van der Waals surface area contributed by atoms with Gasteiger partial charge < -0.3 is 9.94 Å². The standard InChI is InChI=1S/C7H8N2O2/c1-11-7-3-2-6(4-8-7)5-9-10/h2-5,10H,1H3/b9-5+. The van der Waals surface area contributed by atoms with Gasteiger partial charge in [0, 0.05) is 17.8 Å². The Morgan fingerprint density at radius 1 is 1.64 bits per heavy atom. The van der Waals surface area contributed by atoms with E-state index in [0.29, 0.717) is 5.88 Å². The molecule has 58 valence electrons. The lowest BCUT2D eigenvalue weighted by Crippen LogP contribution is -1.88. The second kappa shape index (κ2) is 3.55. The van der Waals surface area contributed by atoms with Crippen LogP contribution in [-0.2, 0) is 0 Å². The van der Waals surface area contributed by atoms with E-state index < -0.39 is 0 Å². The highest BCUT2D eigenvalue weighted by atomic mass is 16.5. The van der Waals surface area contributed by atoms with E-state index in [0.717, 1.165) is 5.56 Å². The first-order valence-corrected chi connectivity index (χ1v) is 3.04. The molecule has 1 aromatic rings. The number of nitrogens with zero attached hydrogens (tertiary/aromatic N) is 2. The van der Waals surface area contributed by atoms with Crippen molar-refractivity contribution < 1.29 is 9.94 Å². The van der Waals surface area contributed by atoms with Crippen LogP contribution in [0.3, 0.4) is 0 Å². The van der Waals surface area contributed by atoms with Gasteiger partial charge in [0.05, 0.1) is 13.3 Å². The number of hydrogen-bond acceptors (Lipinski definition) is 4. The first kappa shape index (κ1) is 7.53. The molecule has 0 spiro atoms. The Hall–Kier alpha value is -1.58. The molecule has 0 aliphatic carbocycles. The third-order valence-electron chi connectivity index (χ3n) is 1.18. The van der Waals surface area contributed by atoms with Crippen LogP contribution >= 0.6 is 0 Å². The van der Waals surface area contributed by atoms with Gasteiger partial charge in [-0.25, -0.2) is 4.98 Å². The summed E-state index contributed by atoms with van der Waals surface area (Å²) in [5, 5.41) is 11.0. The van der Waals surface area contributed by atoms with E-state index in [1.54, 1.807) is 25.4 Å². The van der Waals surface area contributed by atoms with Gasteiger partial charge >= 0.3 is 0 Å². The van der Waals surface area contributed by atoms with Crippen molar-refractivity contribution in [3.8, 4) is 5.88 Å². The number of pyridine rings is 1. The van der Waals surface area contributed by atoms with Crippen LogP contribution < -0.4 is 4.74 Å². The van der Waals surface area contributed by atoms with Crippen molar-refractivity contribution in [3.05, 3.63) is 23.9 Å². The molecule has 1 aromatic heterocycles. The monoisotopic (exact) mass is 152 g/mol. The fourth-order valence-electron chi connectivity index (χ4n) is 0.656. The molecule has 0 unspecified atom stereocenters. The van der Waals surface area contributed by atoms with Gasteiger partial charge in [-0.3, -0.25) is 0 Å². The van der Waals surface area contributed by atoms with E-state index in [-0.39, 0.29) is 0 Å². The zero-order valence-corrected chi connectivity index (χ0v) is 6.06. The molecule has 1 N–H and O–H groups in total. The third-order valence-corrected chi connectivity index (χ3v) is 1.18. The molecule has 0 aromatic carbocycles. The van der Waals surface area contributed by atoms with Crippen LogP contribution in [0.4, 0.5) is 0 Å². The van der Waals surface area contributed by atoms with Crippen molar-refractivity contribution in [1.82, 2.24) is 4.98 Å². The summed E-state index contributed by atoms with van der Waals surface area (Å²) < 4.78 is 4.83. The summed E-state index contributed by atoms with van der Waals surface area (Å²) in [5.41, 5.74) is 0.730. The van der Waals surface area contributed by atoms with E-state index in [1.165, 1.54) is 6.21 Å². The molecule has 0 radical (unpaired) electrons. The topological polar surface area (TPSA) is 54.7 Å². The van der Waals surface area contributed by atoms with Crippen LogP contribution in [0.5, 0.6) is 5.88 Å². The second-order valence-electron chi connectivity index (χ2n) is 1.88. The quantitative estimate of drug-likeness (QED) is 0.389. The predicted molar refractivity (Wildman–Crippen MR) is 40.2 cm³/mol. The molecule has 0 atom stereocenters. The SMILES string of the molecule is COc1ccc(/C=N/O)cn1. The summed E-state index contributed by atoms with van der Waals surface area (Å²) in [5.74, 6) is 0.542. The molecule has 1 rings (SSSR count). The normalized spacial score (nSPS) is 10.3. The van der Waals surface area contributed by atoms with Gasteiger partial charge in [-0.05, 0) is 6.07 Å². The molecule has 1 heterocycles. The van der Waals surface area contributed by atoms with Crippen molar-refractivity contribution >= 4 is 6.21 Å². The average Bonchev–Trinajstić information content (AvgIpc) is 2.07. The maximum atomic E-state index is 8.16. The van der Waals surface area contributed by atoms with E-state index in [4.69, 9.17) is 9.94 Å². The van der Waals surface area contributed by atoms with Gasteiger partial charge in [0.15, 0.2) is 0 Å². The van der Waals surface area contributed by atoms with Crippen LogP contribution in [0.2, 0.25) is 0 Å². The van der Waals surface area contributed by atoms with Gasteiger partial charge in [-0.2, -0.15) is 0 Å². The Morgan fingerprint density at radius 2 is 2.45 bits per heavy atom. The number of ether oxygens (including phenoxy) is 1. The molecular formula is C7H8N2O2. The van der Waals surface area contributed by atoms with E-state index in [1.807, 2.05) is 0 Å². The lowest BCUT2D eigenvalue weighted by molar-refractivity contribution is 0.322. The van der Waals surface area contributed by atoms with Crippen molar-refractivity contribution in [2.24, 2.45) is 5.16 Å². The smallest absolute Gasteiger partial charge is 0.212 e. The molecule has 0 amide bonds. The second-order valence-corrected chi connectivity index (χ2v) is 1.88. The first-order valence-electron chi connectivity index (χ1n) is 3.04. The molecular weight excluding hydrogens is 144 g/mol. The lowest BCUT2D eigenvalue weighted by Gasteiger charge is -1.96. The average molecular weight is 152 g/mol. The fraction of sp³-hybridized carbons (Fsp3) is 0.143. The lowest BCUT2D eigenvalue weighted by atomic mass is 10.3. The number of oxime groups is 1. The number of rotatable bonds is 2. The maximum Gasteiger partial charge on any atom is 0.212 e. The number of hydrogen-bond donors (Lipinski definition) is 1. The molecule has 11 heavy (non-hydrogen) atoms. The summed E-state index contributed by atoms with van der Waals surface area (Å²) in [6.07, 6.45) is 2.85. The van der Waals surface area contributed by atoms with Crippen LogP contribution in [0.15, 0.2) is 23.5 Å². The summed E-state index contributed by atoms with van der Waals surface area (Å²) in [4.78, 5) is 3.89.